The molecule has 0 N–H and O–H groups in total. The summed E-state index contributed by atoms with van der Waals surface area (Å²) in [5.41, 5.74) is 0.648. The zero-order valence-electron chi connectivity index (χ0n) is 10.4. The summed E-state index contributed by atoms with van der Waals surface area (Å²) in [6, 6.07) is 5.07. The highest BCUT2D eigenvalue weighted by Crippen LogP contribution is 2.34. The molecule has 0 bridgehead atoms. The molecule has 1 amide bonds. The van der Waals surface area contributed by atoms with E-state index in [0.717, 1.165) is 0 Å². The number of anilines is 1. The number of hydrogen-bond donors (Lipinski definition) is 0. The molecule has 0 aliphatic carbocycles. The van der Waals surface area contributed by atoms with Crippen molar-refractivity contribution in [2.75, 3.05) is 17.2 Å². The van der Waals surface area contributed by atoms with Crippen LogP contribution in [0.5, 0.6) is 0 Å². The van der Waals surface area contributed by atoms with Crippen LogP contribution in [0, 0.1) is 5.92 Å². The van der Waals surface area contributed by atoms with Crippen LogP contribution in [0.2, 0.25) is 10.0 Å². The van der Waals surface area contributed by atoms with Crippen LogP contribution in [0.3, 0.4) is 0 Å². The monoisotopic (exact) mass is 317 g/mol. The molecule has 0 spiro atoms. The summed E-state index contributed by atoms with van der Waals surface area (Å²) in [6.45, 7) is 2.12. The lowest BCUT2D eigenvalue weighted by Crippen LogP contribution is -2.25. The second-order valence-corrected chi connectivity index (χ2v) is 6.51. The molecule has 0 saturated carbocycles. The number of carbonyl (C=O) groups is 2. The molecule has 1 fully saturated rings. The van der Waals surface area contributed by atoms with Gasteiger partial charge in [0, 0.05) is 30.7 Å². The Balaban J connectivity index is 2.11. The minimum absolute atomic E-state index is 0.0262. The molecule has 1 aromatic carbocycles. The van der Waals surface area contributed by atoms with E-state index in [2.05, 4.69) is 0 Å². The zero-order valence-corrected chi connectivity index (χ0v) is 12.7. The standard InChI is InChI=1S/C13H13Cl2NO2S/c1-8(17)19-7-9-4-13(18)16(6-9)12-5-10(14)2-3-11(12)15/h2-3,5,9H,4,6-7H2,1H3. The SMILES string of the molecule is CC(=O)SCC1CC(=O)N(c2cc(Cl)ccc2Cl)C1. The Kier molecular flexibility index (Phi) is 4.76. The van der Waals surface area contributed by atoms with Gasteiger partial charge in [0.1, 0.15) is 0 Å². The number of hydrogen-bond acceptors (Lipinski definition) is 3. The van der Waals surface area contributed by atoms with Gasteiger partial charge in [0.05, 0.1) is 10.7 Å². The van der Waals surface area contributed by atoms with E-state index in [0.29, 0.717) is 34.5 Å². The second-order valence-electron chi connectivity index (χ2n) is 4.47. The minimum atomic E-state index is 0.0262. The van der Waals surface area contributed by atoms with E-state index in [4.69, 9.17) is 23.2 Å². The molecule has 2 rings (SSSR count). The van der Waals surface area contributed by atoms with Crippen LogP contribution in [0.15, 0.2) is 18.2 Å². The van der Waals surface area contributed by atoms with Crippen molar-refractivity contribution < 1.29 is 9.59 Å². The predicted octanol–water partition coefficient (Wildman–Crippen LogP) is 3.63. The van der Waals surface area contributed by atoms with E-state index in [1.807, 2.05) is 0 Å². The maximum atomic E-state index is 12.0. The van der Waals surface area contributed by atoms with E-state index >= 15 is 0 Å². The Labute approximate surface area is 126 Å². The van der Waals surface area contributed by atoms with Gasteiger partial charge in [-0.15, -0.1) is 0 Å². The number of benzene rings is 1. The topological polar surface area (TPSA) is 37.4 Å². The normalized spacial score (nSPS) is 19.0. The van der Waals surface area contributed by atoms with E-state index in [1.165, 1.54) is 18.7 Å². The van der Waals surface area contributed by atoms with Crippen molar-refractivity contribution >= 4 is 51.7 Å². The van der Waals surface area contributed by atoms with Crippen LogP contribution in [0.4, 0.5) is 5.69 Å². The smallest absolute Gasteiger partial charge is 0.227 e. The number of carbonyl (C=O) groups excluding carboxylic acids is 2. The first kappa shape index (κ1) is 14.7. The maximum absolute atomic E-state index is 12.0. The van der Waals surface area contributed by atoms with Crippen molar-refractivity contribution in [3.63, 3.8) is 0 Å². The minimum Gasteiger partial charge on any atom is -0.311 e. The molecule has 1 atom stereocenters. The number of nitrogens with zero attached hydrogens (tertiary/aromatic N) is 1. The van der Waals surface area contributed by atoms with Gasteiger partial charge in [-0.05, 0) is 24.1 Å². The van der Waals surface area contributed by atoms with Crippen LogP contribution < -0.4 is 4.90 Å². The van der Waals surface area contributed by atoms with Crippen LogP contribution in [0.1, 0.15) is 13.3 Å². The molecular weight excluding hydrogens is 305 g/mol. The first-order chi connectivity index (χ1) is 8.97. The van der Waals surface area contributed by atoms with Gasteiger partial charge < -0.3 is 4.90 Å². The molecule has 1 aliphatic heterocycles. The summed E-state index contributed by atoms with van der Waals surface area (Å²) in [6.07, 6.45) is 0.448. The van der Waals surface area contributed by atoms with Crippen molar-refractivity contribution in [1.29, 1.82) is 0 Å². The highest BCUT2D eigenvalue weighted by Gasteiger charge is 2.31. The summed E-state index contributed by atoms with van der Waals surface area (Å²) < 4.78 is 0. The predicted molar refractivity (Wildman–Crippen MR) is 80.1 cm³/mol. The summed E-state index contributed by atoms with van der Waals surface area (Å²) in [7, 11) is 0. The average Bonchev–Trinajstić information content (AvgIpc) is 2.71. The van der Waals surface area contributed by atoms with Crippen LogP contribution in [-0.2, 0) is 9.59 Å². The summed E-state index contributed by atoms with van der Waals surface area (Å²) in [5, 5.41) is 1.14. The zero-order chi connectivity index (χ0) is 14.0. The lowest BCUT2D eigenvalue weighted by molar-refractivity contribution is -0.117. The Morgan fingerprint density at radius 1 is 1.47 bits per heavy atom. The third kappa shape index (κ3) is 3.65. The van der Waals surface area contributed by atoms with E-state index in [-0.39, 0.29) is 16.9 Å². The summed E-state index contributed by atoms with van der Waals surface area (Å²) in [5.74, 6) is 0.866. The highest BCUT2D eigenvalue weighted by molar-refractivity contribution is 8.13. The van der Waals surface area contributed by atoms with Crippen molar-refractivity contribution in [1.82, 2.24) is 0 Å². The molecule has 1 aromatic rings. The van der Waals surface area contributed by atoms with Gasteiger partial charge in [0.2, 0.25) is 5.91 Å². The van der Waals surface area contributed by atoms with E-state index in [1.54, 1.807) is 23.1 Å². The number of rotatable bonds is 3. The molecular formula is C13H13Cl2NO2S. The highest BCUT2D eigenvalue weighted by atomic mass is 35.5. The first-order valence-electron chi connectivity index (χ1n) is 5.86. The fraction of sp³-hybridized carbons (Fsp3) is 0.385. The quantitative estimate of drug-likeness (QED) is 0.854. The summed E-state index contributed by atoms with van der Waals surface area (Å²) in [4.78, 5) is 24.6. The Morgan fingerprint density at radius 3 is 2.89 bits per heavy atom. The lowest BCUT2D eigenvalue weighted by Gasteiger charge is -2.18. The van der Waals surface area contributed by atoms with Crippen molar-refractivity contribution in [3.8, 4) is 0 Å². The number of thioether (sulfide) groups is 1. The molecule has 0 aromatic heterocycles. The molecule has 1 saturated heterocycles. The third-order valence-electron chi connectivity index (χ3n) is 2.93. The third-order valence-corrected chi connectivity index (χ3v) is 4.53. The maximum Gasteiger partial charge on any atom is 0.227 e. The van der Waals surface area contributed by atoms with Gasteiger partial charge in [-0.1, -0.05) is 35.0 Å². The van der Waals surface area contributed by atoms with Crippen LogP contribution in [-0.4, -0.2) is 23.3 Å². The molecule has 6 heteroatoms. The molecule has 1 unspecified atom stereocenters. The van der Waals surface area contributed by atoms with Crippen molar-refractivity contribution in [3.05, 3.63) is 28.2 Å². The lowest BCUT2D eigenvalue weighted by atomic mass is 10.1. The molecule has 102 valence electrons. The van der Waals surface area contributed by atoms with Gasteiger partial charge in [-0.3, -0.25) is 9.59 Å². The van der Waals surface area contributed by atoms with Gasteiger partial charge in [-0.2, -0.15) is 0 Å². The van der Waals surface area contributed by atoms with Gasteiger partial charge >= 0.3 is 0 Å². The van der Waals surface area contributed by atoms with Crippen molar-refractivity contribution in [2.24, 2.45) is 5.92 Å². The average molecular weight is 318 g/mol. The Morgan fingerprint density at radius 2 is 2.21 bits per heavy atom. The largest absolute Gasteiger partial charge is 0.311 e. The number of amides is 1. The molecule has 1 aliphatic rings. The van der Waals surface area contributed by atoms with Crippen LogP contribution >= 0.6 is 35.0 Å². The Bertz CT molecular complexity index is 521. The van der Waals surface area contributed by atoms with Gasteiger partial charge in [0.15, 0.2) is 5.12 Å². The fourth-order valence-electron chi connectivity index (χ4n) is 2.05. The second kappa shape index (κ2) is 6.16. The molecule has 0 radical (unpaired) electrons. The molecule has 19 heavy (non-hydrogen) atoms. The number of halogens is 2. The summed E-state index contributed by atoms with van der Waals surface area (Å²) >= 11 is 13.3. The fourth-order valence-corrected chi connectivity index (χ4v) is 3.13. The van der Waals surface area contributed by atoms with Crippen molar-refractivity contribution in [2.45, 2.75) is 13.3 Å². The first-order valence-corrected chi connectivity index (χ1v) is 7.60. The van der Waals surface area contributed by atoms with Gasteiger partial charge in [0.25, 0.3) is 0 Å². The van der Waals surface area contributed by atoms with E-state index < -0.39 is 0 Å². The molecule has 3 nitrogen and oxygen atoms in total. The molecule has 1 heterocycles. The Hall–Kier alpha value is -0.710. The van der Waals surface area contributed by atoms with Crippen LogP contribution in [0.25, 0.3) is 0 Å². The van der Waals surface area contributed by atoms with E-state index in [9.17, 15) is 9.59 Å². The van der Waals surface area contributed by atoms with Gasteiger partial charge in [-0.25, -0.2) is 0 Å².